The molecule has 0 saturated heterocycles. The van der Waals surface area contributed by atoms with E-state index in [4.69, 9.17) is 15.6 Å². The van der Waals surface area contributed by atoms with E-state index in [2.05, 4.69) is 15.9 Å². The number of carboxylic acids is 1. The Morgan fingerprint density at radius 2 is 1.94 bits per heavy atom. The molecule has 0 bridgehead atoms. The van der Waals surface area contributed by atoms with Crippen LogP contribution >= 0.6 is 15.9 Å². The molecule has 0 fully saturated rings. The normalized spacial score (nSPS) is 13.7. The number of esters is 1. The molecule has 18 heavy (non-hydrogen) atoms. The van der Waals surface area contributed by atoms with Gasteiger partial charge in [-0.2, -0.15) is 0 Å². The number of halogens is 1. The Balaban J connectivity index is 2.33. The lowest BCUT2D eigenvalue weighted by molar-refractivity contribution is -0.145. The summed E-state index contributed by atoms with van der Waals surface area (Å²) in [5.41, 5.74) is 6.30. The van der Waals surface area contributed by atoms with Crippen LogP contribution in [0.5, 0.6) is 0 Å². The average molecular weight is 316 g/mol. The molecule has 0 aliphatic heterocycles. The summed E-state index contributed by atoms with van der Waals surface area (Å²) in [6, 6.07) is 9.23. The molecule has 0 heterocycles. The monoisotopic (exact) mass is 315 g/mol. The largest absolute Gasteiger partial charge is 0.479 e. The number of nitrogens with two attached hydrogens (primary N) is 1. The van der Waals surface area contributed by atoms with Gasteiger partial charge in [-0.1, -0.05) is 46.3 Å². The highest BCUT2D eigenvalue weighted by molar-refractivity contribution is 9.10. The smallest absolute Gasteiger partial charge is 0.334 e. The molecule has 0 spiro atoms. The SMILES string of the molecule is N[C@](Br)(CCC(=O)OCc1ccccc1)C(=O)O. The number of aliphatic carboxylic acids is 1. The molecular formula is C12H14BrNO4. The van der Waals surface area contributed by atoms with Gasteiger partial charge in [0.05, 0.1) is 0 Å². The lowest BCUT2D eigenvalue weighted by Gasteiger charge is -2.15. The molecule has 98 valence electrons. The first-order valence-corrected chi connectivity index (χ1v) is 6.12. The fraction of sp³-hybridized carbons (Fsp3) is 0.333. The fourth-order valence-electron chi connectivity index (χ4n) is 1.20. The lowest BCUT2D eigenvalue weighted by atomic mass is 10.2. The van der Waals surface area contributed by atoms with Crippen LogP contribution in [0.15, 0.2) is 30.3 Å². The molecule has 1 rings (SSSR count). The van der Waals surface area contributed by atoms with Crippen LogP contribution in [0.3, 0.4) is 0 Å². The van der Waals surface area contributed by atoms with Crippen molar-refractivity contribution in [1.82, 2.24) is 0 Å². The van der Waals surface area contributed by atoms with Gasteiger partial charge in [0.15, 0.2) is 4.45 Å². The first-order chi connectivity index (χ1) is 8.42. The number of carbonyl (C=O) groups is 2. The van der Waals surface area contributed by atoms with Gasteiger partial charge in [0, 0.05) is 6.42 Å². The molecule has 0 saturated carbocycles. The Bertz CT molecular complexity index is 419. The van der Waals surface area contributed by atoms with Gasteiger partial charge in [-0.15, -0.1) is 0 Å². The van der Waals surface area contributed by atoms with Crippen molar-refractivity contribution in [3.05, 3.63) is 35.9 Å². The Morgan fingerprint density at radius 3 is 2.50 bits per heavy atom. The third kappa shape index (κ3) is 4.85. The van der Waals surface area contributed by atoms with Gasteiger partial charge in [0.1, 0.15) is 6.61 Å². The minimum atomic E-state index is -1.58. The molecule has 0 aliphatic carbocycles. The van der Waals surface area contributed by atoms with Crippen molar-refractivity contribution in [2.24, 2.45) is 5.73 Å². The van der Waals surface area contributed by atoms with E-state index in [1.807, 2.05) is 30.3 Å². The van der Waals surface area contributed by atoms with E-state index >= 15 is 0 Å². The zero-order valence-corrected chi connectivity index (χ0v) is 11.2. The average Bonchev–Trinajstić information content (AvgIpc) is 2.35. The van der Waals surface area contributed by atoms with Crippen molar-refractivity contribution < 1.29 is 19.4 Å². The maximum absolute atomic E-state index is 11.4. The zero-order chi connectivity index (χ0) is 13.6. The van der Waals surface area contributed by atoms with E-state index in [-0.39, 0.29) is 19.4 Å². The molecule has 1 aromatic carbocycles. The molecule has 0 unspecified atom stereocenters. The summed E-state index contributed by atoms with van der Waals surface area (Å²) < 4.78 is 3.41. The summed E-state index contributed by atoms with van der Waals surface area (Å²) in [5.74, 6) is -1.69. The molecule has 0 aromatic heterocycles. The molecule has 0 amide bonds. The van der Waals surface area contributed by atoms with Crippen LogP contribution in [0.25, 0.3) is 0 Å². The van der Waals surface area contributed by atoms with Crippen molar-refractivity contribution >= 4 is 27.9 Å². The van der Waals surface area contributed by atoms with Gasteiger partial charge in [-0.05, 0) is 12.0 Å². The van der Waals surface area contributed by atoms with E-state index < -0.39 is 16.4 Å². The van der Waals surface area contributed by atoms with Gasteiger partial charge in [0.2, 0.25) is 0 Å². The predicted molar refractivity (Wildman–Crippen MR) is 69.0 cm³/mol. The van der Waals surface area contributed by atoms with E-state index in [0.29, 0.717) is 0 Å². The molecule has 0 aliphatic rings. The molecule has 5 nitrogen and oxygen atoms in total. The molecule has 3 N–H and O–H groups in total. The number of rotatable bonds is 6. The van der Waals surface area contributed by atoms with E-state index in [0.717, 1.165) is 5.56 Å². The standard InChI is InChI=1S/C12H14BrNO4/c13-12(14,11(16)17)7-6-10(15)18-8-9-4-2-1-3-5-9/h1-5H,6-8,14H2,(H,16,17)/t12-/m1/s1. The van der Waals surface area contributed by atoms with Gasteiger partial charge in [0.25, 0.3) is 0 Å². The van der Waals surface area contributed by atoms with E-state index in [1.165, 1.54) is 0 Å². The summed E-state index contributed by atoms with van der Waals surface area (Å²) in [5, 5.41) is 8.74. The fourth-order valence-corrected chi connectivity index (χ4v) is 1.40. The van der Waals surface area contributed by atoms with Crippen LogP contribution in [-0.2, 0) is 20.9 Å². The molecular weight excluding hydrogens is 302 g/mol. The highest BCUT2D eigenvalue weighted by atomic mass is 79.9. The minimum absolute atomic E-state index is 0.0318. The predicted octanol–water partition coefficient (Wildman–Crippen LogP) is 1.64. The summed E-state index contributed by atoms with van der Waals surface area (Å²) in [4.78, 5) is 22.1. The molecule has 1 atom stereocenters. The molecule has 6 heteroatoms. The van der Waals surface area contributed by atoms with Crippen molar-refractivity contribution in [2.75, 3.05) is 0 Å². The van der Waals surface area contributed by atoms with Gasteiger partial charge in [-0.25, -0.2) is 4.79 Å². The summed E-state index contributed by atoms with van der Waals surface area (Å²) in [6.45, 7) is 0.173. The number of carboxylic acid groups (broad SMARTS) is 1. The topological polar surface area (TPSA) is 89.6 Å². The highest BCUT2D eigenvalue weighted by Gasteiger charge is 2.31. The van der Waals surface area contributed by atoms with Crippen LogP contribution in [-0.4, -0.2) is 21.5 Å². The van der Waals surface area contributed by atoms with E-state index in [1.54, 1.807) is 0 Å². The second-order valence-corrected chi connectivity index (χ2v) is 5.23. The first-order valence-electron chi connectivity index (χ1n) is 5.32. The number of hydrogen-bond acceptors (Lipinski definition) is 4. The zero-order valence-electron chi connectivity index (χ0n) is 9.64. The number of benzene rings is 1. The number of hydrogen-bond donors (Lipinski definition) is 2. The minimum Gasteiger partial charge on any atom is -0.479 e. The first kappa shape index (κ1) is 14.7. The summed E-state index contributed by atoms with van der Waals surface area (Å²) >= 11 is 2.84. The summed E-state index contributed by atoms with van der Waals surface area (Å²) in [6.07, 6.45) is -0.0865. The maximum Gasteiger partial charge on any atom is 0.334 e. The van der Waals surface area contributed by atoms with Gasteiger partial charge >= 0.3 is 11.9 Å². The van der Waals surface area contributed by atoms with Gasteiger partial charge in [-0.3, -0.25) is 4.79 Å². The number of ether oxygens (including phenoxy) is 1. The number of carbonyl (C=O) groups excluding carboxylic acids is 1. The van der Waals surface area contributed by atoms with Crippen molar-refractivity contribution in [1.29, 1.82) is 0 Å². The maximum atomic E-state index is 11.4. The van der Waals surface area contributed by atoms with Gasteiger partial charge < -0.3 is 15.6 Å². The van der Waals surface area contributed by atoms with Crippen molar-refractivity contribution in [2.45, 2.75) is 23.9 Å². The van der Waals surface area contributed by atoms with Crippen molar-refractivity contribution in [3.8, 4) is 0 Å². The second kappa shape index (κ2) is 6.51. The van der Waals surface area contributed by atoms with Crippen LogP contribution in [0.2, 0.25) is 0 Å². The Morgan fingerprint density at radius 1 is 1.33 bits per heavy atom. The van der Waals surface area contributed by atoms with Crippen LogP contribution in [0.4, 0.5) is 0 Å². The Labute approximate surface area is 113 Å². The van der Waals surface area contributed by atoms with Crippen LogP contribution in [0, 0.1) is 0 Å². The Hall–Kier alpha value is -1.40. The third-order valence-corrected chi connectivity index (χ3v) is 3.03. The summed E-state index contributed by atoms with van der Waals surface area (Å²) in [7, 11) is 0. The van der Waals surface area contributed by atoms with Crippen LogP contribution in [0.1, 0.15) is 18.4 Å². The quantitative estimate of drug-likeness (QED) is 0.473. The third-order valence-electron chi connectivity index (χ3n) is 2.29. The molecule has 0 radical (unpaired) electrons. The number of alkyl halides is 1. The lowest BCUT2D eigenvalue weighted by Crippen LogP contribution is -2.41. The molecule has 1 aromatic rings. The van der Waals surface area contributed by atoms with Crippen LogP contribution < -0.4 is 5.73 Å². The van der Waals surface area contributed by atoms with E-state index in [9.17, 15) is 9.59 Å². The van der Waals surface area contributed by atoms with Crippen molar-refractivity contribution in [3.63, 3.8) is 0 Å². The highest BCUT2D eigenvalue weighted by Crippen LogP contribution is 2.18. The second-order valence-electron chi connectivity index (χ2n) is 3.81. The Kier molecular flexibility index (Phi) is 5.30.